The molecule has 0 saturated carbocycles. The standard InChI is InChI=1S/C13H27NO3/c1-10-6-14(7-11(2)17-10)8-12(15)9-16-13(3,4)5/h10-12,15H,6-9H2,1-5H3/t10-,11-,12-/m0/s1. The summed E-state index contributed by atoms with van der Waals surface area (Å²) in [6.45, 7) is 13.0. The van der Waals surface area contributed by atoms with Gasteiger partial charge in [-0.2, -0.15) is 0 Å². The second kappa shape index (κ2) is 6.14. The summed E-state index contributed by atoms with van der Waals surface area (Å²) >= 11 is 0. The minimum Gasteiger partial charge on any atom is -0.389 e. The molecule has 1 fully saturated rings. The molecule has 1 rings (SSSR count). The fourth-order valence-corrected chi connectivity index (χ4v) is 2.13. The van der Waals surface area contributed by atoms with Gasteiger partial charge in [0.1, 0.15) is 0 Å². The summed E-state index contributed by atoms with van der Waals surface area (Å²) in [5, 5.41) is 9.93. The Hall–Kier alpha value is -0.160. The molecule has 0 unspecified atom stereocenters. The van der Waals surface area contributed by atoms with E-state index in [9.17, 15) is 5.11 Å². The van der Waals surface area contributed by atoms with E-state index in [2.05, 4.69) is 18.7 Å². The lowest BCUT2D eigenvalue weighted by Gasteiger charge is -2.36. The zero-order valence-corrected chi connectivity index (χ0v) is 11.8. The lowest BCUT2D eigenvalue weighted by Crippen LogP contribution is -2.48. The highest BCUT2D eigenvalue weighted by atomic mass is 16.5. The lowest BCUT2D eigenvalue weighted by molar-refractivity contribution is -0.0929. The first kappa shape index (κ1) is 14.9. The molecule has 1 aliphatic heterocycles. The van der Waals surface area contributed by atoms with Crippen LogP contribution in [0, 0.1) is 0 Å². The molecule has 0 aliphatic carbocycles. The SMILES string of the molecule is C[C@H]1CN(C[C@H](O)COC(C)(C)C)C[C@H](C)O1. The fraction of sp³-hybridized carbons (Fsp3) is 1.00. The van der Waals surface area contributed by atoms with Gasteiger partial charge in [-0.25, -0.2) is 0 Å². The average Bonchev–Trinajstić information content (AvgIpc) is 2.11. The summed E-state index contributed by atoms with van der Waals surface area (Å²) in [7, 11) is 0. The lowest BCUT2D eigenvalue weighted by atomic mass is 10.2. The van der Waals surface area contributed by atoms with Crippen LogP contribution in [-0.4, -0.2) is 60.2 Å². The van der Waals surface area contributed by atoms with E-state index in [-0.39, 0.29) is 17.8 Å². The van der Waals surface area contributed by atoms with Crippen molar-refractivity contribution >= 4 is 0 Å². The molecular formula is C13H27NO3. The maximum atomic E-state index is 9.93. The van der Waals surface area contributed by atoms with Gasteiger partial charge in [-0.3, -0.25) is 4.90 Å². The zero-order valence-electron chi connectivity index (χ0n) is 11.8. The number of morpholine rings is 1. The van der Waals surface area contributed by atoms with E-state index in [0.717, 1.165) is 13.1 Å². The van der Waals surface area contributed by atoms with Gasteiger partial charge in [-0.1, -0.05) is 0 Å². The van der Waals surface area contributed by atoms with Crippen LogP contribution in [0.5, 0.6) is 0 Å². The van der Waals surface area contributed by atoms with E-state index in [4.69, 9.17) is 9.47 Å². The number of ether oxygens (including phenoxy) is 2. The van der Waals surface area contributed by atoms with E-state index in [1.165, 1.54) is 0 Å². The van der Waals surface area contributed by atoms with Crippen molar-refractivity contribution in [3.63, 3.8) is 0 Å². The van der Waals surface area contributed by atoms with Gasteiger partial charge in [-0.15, -0.1) is 0 Å². The van der Waals surface area contributed by atoms with Crippen molar-refractivity contribution < 1.29 is 14.6 Å². The monoisotopic (exact) mass is 245 g/mol. The molecule has 0 radical (unpaired) electrons. The van der Waals surface area contributed by atoms with Gasteiger partial charge in [0, 0.05) is 19.6 Å². The van der Waals surface area contributed by atoms with Crippen molar-refractivity contribution in [2.75, 3.05) is 26.2 Å². The van der Waals surface area contributed by atoms with Crippen molar-refractivity contribution in [1.82, 2.24) is 4.90 Å². The minimum absolute atomic E-state index is 0.188. The van der Waals surface area contributed by atoms with Gasteiger partial charge in [-0.05, 0) is 34.6 Å². The molecule has 4 nitrogen and oxygen atoms in total. The fourth-order valence-electron chi connectivity index (χ4n) is 2.13. The molecule has 1 saturated heterocycles. The Bertz CT molecular complexity index is 217. The van der Waals surface area contributed by atoms with Gasteiger partial charge in [0.2, 0.25) is 0 Å². The van der Waals surface area contributed by atoms with Crippen LogP contribution in [0.3, 0.4) is 0 Å². The quantitative estimate of drug-likeness (QED) is 0.810. The number of aliphatic hydroxyl groups is 1. The number of hydrogen-bond acceptors (Lipinski definition) is 4. The van der Waals surface area contributed by atoms with E-state index >= 15 is 0 Å². The number of β-amino-alcohol motifs (C(OH)–C–C–N with tert-alkyl or cyclic N) is 1. The third-order valence-corrected chi connectivity index (χ3v) is 2.67. The molecule has 1 N–H and O–H groups in total. The molecule has 3 atom stereocenters. The van der Waals surface area contributed by atoms with Crippen LogP contribution < -0.4 is 0 Å². The highest BCUT2D eigenvalue weighted by Crippen LogP contribution is 2.12. The maximum absolute atomic E-state index is 9.93. The minimum atomic E-state index is -0.424. The summed E-state index contributed by atoms with van der Waals surface area (Å²) in [4.78, 5) is 2.25. The van der Waals surface area contributed by atoms with Crippen LogP contribution >= 0.6 is 0 Å². The van der Waals surface area contributed by atoms with Crippen molar-refractivity contribution in [1.29, 1.82) is 0 Å². The van der Waals surface area contributed by atoms with Crippen molar-refractivity contribution in [3.8, 4) is 0 Å². The topological polar surface area (TPSA) is 41.9 Å². The molecule has 0 aromatic heterocycles. The first-order valence-electron chi connectivity index (χ1n) is 6.46. The summed E-state index contributed by atoms with van der Waals surface area (Å²) < 4.78 is 11.2. The molecule has 1 heterocycles. The third kappa shape index (κ3) is 6.36. The third-order valence-electron chi connectivity index (χ3n) is 2.67. The van der Waals surface area contributed by atoms with Crippen molar-refractivity contribution in [3.05, 3.63) is 0 Å². The molecule has 0 spiro atoms. The summed E-state index contributed by atoms with van der Waals surface area (Å²) in [5.41, 5.74) is -0.188. The number of rotatable bonds is 4. The zero-order chi connectivity index (χ0) is 13.1. The predicted molar refractivity (Wildman–Crippen MR) is 68.2 cm³/mol. The van der Waals surface area contributed by atoms with Gasteiger partial charge < -0.3 is 14.6 Å². The molecule has 17 heavy (non-hydrogen) atoms. The predicted octanol–water partition coefficient (Wildman–Crippen LogP) is 1.27. The summed E-state index contributed by atoms with van der Waals surface area (Å²) in [6.07, 6.45) is 0.0655. The summed E-state index contributed by atoms with van der Waals surface area (Å²) in [6, 6.07) is 0. The molecule has 1 aliphatic rings. The van der Waals surface area contributed by atoms with Gasteiger partial charge in [0.05, 0.1) is 30.5 Å². The van der Waals surface area contributed by atoms with E-state index < -0.39 is 6.10 Å². The Labute approximate surface area is 105 Å². The van der Waals surface area contributed by atoms with Gasteiger partial charge in [0.25, 0.3) is 0 Å². The Morgan fingerprint density at radius 2 is 1.82 bits per heavy atom. The van der Waals surface area contributed by atoms with Crippen LogP contribution in [-0.2, 0) is 9.47 Å². The molecule has 0 amide bonds. The first-order valence-corrected chi connectivity index (χ1v) is 6.46. The Morgan fingerprint density at radius 1 is 1.29 bits per heavy atom. The van der Waals surface area contributed by atoms with Crippen molar-refractivity contribution in [2.45, 2.75) is 58.5 Å². The number of hydrogen-bond donors (Lipinski definition) is 1. The van der Waals surface area contributed by atoms with Crippen LogP contribution in [0.4, 0.5) is 0 Å². The molecule has 0 aromatic carbocycles. The second-order valence-corrected chi connectivity index (χ2v) is 6.05. The number of aliphatic hydroxyl groups excluding tert-OH is 1. The largest absolute Gasteiger partial charge is 0.389 e. The summed E-state index contributed by atoms with van der Waals surface area (Å²) in [5.74, 6) is 0. The normalized spacial score (nSPS) is 29.3. The van der Waals surface area contributed by atoms with Crippen LogP contribution in [0.2, 0.25) is 0 Å². The van der Waals surface area contributed by atoms with Gasteiger partial charge in [0.15, 0.2) is 0 Å². The van der Waals surface area contributed by atoms with Gasteiger partial charge >= 0.3 is 0 Å². The highest BCUT2D eigenvalue weighted by Gasteiger charge is 2.24. The molecule has 102 valence electrons. The van der Waals surface area contributed by atoms with Crippen LogP contribution in [0.15, 0.2) is 0 Å². The highest BCUT2D eigenvalue weighted by molar-refractivity contribution is 4.75. The Kier molecular flexibility index (Phi) is 5.38. The smallest absolute Gasteiger partial charge is 0.0900 e. The molecular weight excluding hydrogens is 218 g/mol. The average molecular weight is 245 g/mol. The van der Waals surface area contributed by atoms with Crippen LogP contribution in [0.1, 0.15) is 34.6 Å². The van der Waals surface area contributed by atoms with E-state index in [1.54, 1.807) is 0 Å². The van der Waals surface area contributed by atoms with E-state index in [1.807, 2.05) is 20.8 Å². The van der Waals surface area contributed by atoms with Crippen LogP contribution in [0.25, 0.3) is 0 Å². The van der Waals surface area contributed by atoms with Crippen molar-refractivity contribution in [2.24, 2.45) is 0 Å². The Balaban J connectivity index is 2.28. The number of nitrogens with zero attached hydrogens (tertiary/aromatic N) is 1. The van der Waals surface area contributed by atoms with E-state index in [0.29, 0.717) is 13.2 Å². The molecule has 0 bridgehead atoms. The maximum Gasteiger partial charge on any atom is 0.0900 e. The molecule has 0 aromatic rings. The molecule has 4 heteroatoms. The second-order valence-electron chi connectivity index (χ2n) is 6.05. The Morgan fingerprint density at radius 3 is 2.29 bits per heavy atom. The first-order chi connectivity index (χ1) is 7.76.